The number of aliphatic carboxylic acids is 1. The van der Waals surface area contributed by atoms with Crippen LogP contribution in [-0.2, 0) is 26.0 Å². The number of carbonyl (C=O) groups is 2. The molecule has 1 aromatic rings. The van der Waals surface area contributed by atoms with E-state index in [0.29, 0.717) is 19.3 Å². The molecule has 7 nitrogen and oxygen atoms in total. The zero-order valence-corrected chi connectivity index (χ0v) is 14.9. The molecule has 0 radical (unpaired) electrons. The Morgan fingerprint density at radius 2 is 1.96 bits per heavy atom. The van der Waals surface area contributed by atoms with Crippen molar-refractivity contribution in [3.8, 4) is 0 Å². The fourth-order valence-corrected chi connectivity index (χ4v) is 4.34. The Bertz CT molecular complexity index is 703. The summed E-state index contributed by atoms with van der Waals surface area (Å²) in [7, 11) is -3.23. The van der Waals surface area contributed by atoms with Gasteiger partial charge in [-0.25, -0.2) is 18.0 Å². The zero-order chi connectivity index (χ0) is 18.4. The first-order valence-corrected chi connectivity index (χ1v) is 10.1. The van der Waals surface area contributed by atoms with E-state index in [4.69, 9.17) is 4.74 Å². The van der Waals surface area contributed by atoms with Gasteiger partial charge in [-0.05, 0) is 30.7 Å². The molecule has 1 saturated carbocycles. The summed E-state index contributed by atoms with van der Waals surface area (Å²) in [5.41, 5.74) is 0.791. The molecule has 0 heterocycles. The molecule has 1 amide bonds. The Morgan fingerprint density at radius 1 is 1.28 bits per heavy atom. The summed E-state index contributed by atoms with van der Waals surface area (Å²) in [6, 6.07) is 7.88. The van der Waals surface area contributed by atoms with Gasteiger partial charge >= 0.3 is 12.1 Å². The van der Waals surface area contributed by atoms with Crippen molar-refractivity contribution in [3.05, 3.63) is 35.9 Å². The van der Waals surface area contributed by atoms with Crippen LogP contribution in [-0.4, -0.2) is 43.1 Å². The zero-order valence-electron chi connectivity index (χ0n) is 14.1. The second-order valence-electron chi connectivity index (χ2n) is 6.40. The molecule has 1 fully saturated rings. The molecule has 0 aliphatic heterocycles. The van der Waals surface area contributed by atoms with E-state index in [1.807, 2.05) is 18.2 Å². The minimum atomic E-state index is -3.23. The van der Waals surface area contributed by atoms with Crippen LogP contribution in [0.2, 0.25) is 0 Å². The molecule has 8 heteroatoms. The molecule has 0 saturated heterocycles. The number of amides is 1. The van der Waals surface area contributed by atoms with Gasteiger partial charge in [0.15, 0.2) is 0 Å². The van der Waals surface area contributed by atoms with Crippen LogP contribution in [0.5, 0.6) is 0 Å². The van der Waals surface area contributed by atoms with Crippen LogP contribution in [0.25, 0.3) is 0 Å². The predicted octanol–water partition coefficient (Wildman–Crippen LogP) is 1.97. The molecule has 1 aromatic carbocycles. The number of hydrogen-bond donors (Lipinski definition) is 2. The first-order chi connectivity index (χ1) is 11.8. The molecule has 0 bridgehead atoms. The Morgan fingerprint density at radius 3 is 2.56 bits per heavy atom. The van der Waals surface area contributed by atoms with Gasteiger partial charge in [-0.15, -0.1) is 0 Å². The third kappa shape index (κ3) is 5.74. The first kappa shape index (κ1) is 19.2. The number of hydrogen-bond acceptors (Lipinski definition) is 5. The smallest absolute Gasteiger partial charge is 0.408 e. The van der Waals surface area contributed by atoms with E-state index in [9.17, 15) is 23.1 Å². The highest BCUT2D eigenvalue weighted by Gasteiger charge is 2.37. The Balaban J connectivity index is 1.95. The number of carboxylic acid groups (broad SMARTS) is 1. The van der Waals surface area contributed by atoms with Crippen molar-refractivity contribution in [1.29, 1.82) is 0 Å². The van der Waals surface area contributed by atoms with Gasteiger partial charge in [0.1, 0.15) is 22.5 Å². The van der Waals surface area contributed by atoms with Crippen molar-refractivity contribution in [2.45, 2.75) is 43.6 Å². The van der Waals surface area contributed by atoms with E-state index in [-0.39, 0.29) is 13.0 Å². The highest BCUT2D eigenvalue weighted by Crippen LogP contribution is 2.31. The predicted molar refractivity (Wildman–Crippen MR) is 91.8 cm³/mol. The number of carbonyl (C=O) groups excluding carboxylic acids is 1. The standard InChI is InChI=1S/C17H23NO6S/c1-25(22,23)14-9-5-8-13(10-14)15(16(19)20)18-17(21)24-11-12-6-3-2-4-7-12/h2-4,6-7,13-15H,5,8-11H2,1H3,(H,18,21)(H,19,20). The largest absolute Gasteiger partial charge is 0.480 e. The maximum atomic E-state index is 11.9. The molecular weight excluding hydrogens is 346 g/mol. The van der Waals surface area contributed by atoms with E-state index in [1.165, 1.54) is 0 Å². The number of benzene rings is 1. The fraction of sp³-hybridized carbons (Fsp3) is 0.529. The van der Waals surface area contributed by atoms with Gasteiger partial charge in [0.05, 0.1) is 5.25 Å². The Kier molecular flexibility index (Phi) is 6.41. The average molecular weight is 369 g/mol. The highest BCUT2D eigenvalue weighted by molar-refractivity contribution is 7.91. The maximum Gasteiger partial charge on any atom is 0.408 e. The summed E-state index contributed by atoms with van der Waals surface area (Å²) in [5, 5.41) is 11.2. The molecular formula is C17H23NO6S. The molecule has 3 unspecified atom stereocenters. The van der Waals surface area contributed by atoms with Gasteiger partial charge in [0, 0.05) is 6.26 Å². The third-order valence-corrected chi connectivity index (χ3v) is 6.13. The lowest BCUT2D eigenvalue weighted by molar-refractivity contribution is -0.141. The molecule has 0 spiro atoms. The highest BCUT2D eigenvalue weighted by atomic mass is 32.2. The number of ether oxygens (including phenoxy) is 1. The van der Waals surface area contributed by atoms with Crippen LogP contribution in [0.1, 0.15) is 31.2 Å². The van der Waals surface area contributed by atoms with Gasteiger partial charge in [0.25, 0.3) is 0 Å². The quantitative estimate of drug-likeness (QED) is 0.793. The van der Waals surface area contributed by atoms with Crippen molar-refractivity contribution in [2.75, 3.05) is 6.26 Å². The lowest BCUT2D eigenvalue weighted by Crippen LogP contribution is -2.48. The van der Waals surface area contributed by atoms with E-state index in [2.05, 4.69) is 5.32 Å². The summed E-state index contributed by atoms with van der Waals surface area (Å²) in [6.07, 6.45) is 2.28. The van der Waals surface area contributed by atoms with Crippen LogP contribution in [0.15, 0.2) is 30.3 Å². The SMILES string of the molecule is CS(=O)(=O)C1CCCC(C(NC(=O)OCc2ccccc2)C(=O)O)C1. The van der Waals surface area contributed by atoms with Crippen LogP contribution in [0, 0.1) is 5.92 Å². The Hall–Kier alpha value is -2.09. The molecule has 1 aliphatic rings. The minimum Gasteiger partial charge on any atom is -0.480 e. The lowest BCUT2D eigenvalue weighted by atomic mass is 9.83. The molecule has 2 rings (SSSR count). The topological polar surface area (TPSA) is 110 Å². The summed E-state index contributed by atoms with van der Waals surface area (Å²) >= 11 is 0. The lowest BCUT2D eigenvalue weighted by Gasteiger charge is -2.31. The monoisotopic (exact) mass is 369 g/mol. The van der Waals surface area contributed by atoms with Crippen LogP contribution < -0.4 is 5.32 Å². The number of sulfone groups is 1. The summed E-state index contributed by atoms with van der Waals surface area (Å²) < 4.78 is 28.6. The average Bonchev–Trinajstić information content (AvgIpc) is 2.58. The second-order valence-corrected chi connectivity index (χ2v) is 8.73. The first-order valence-electron chi connectivity index (χ1n) is 8.16. The van der Waals surface area contributed by atoms with Crippen molar-refractivity contribution in [2.24, 2.45) is 5.92 Å². The number of rotatable bonds is 6. The van der Waals surface area contributed by atoms with Crippen molar-refractivity contribution in [3.63, 3.8) is 0 Å². The molecule has 3 atom stereocenters. The van der Waals surface area contributed by atoms with Gasteiger partial charge in [-0.1, -0.05) is 36.8 Å². The third-order valence-electron chi connectivity index (χ3n) is 4.50. The van der Waals surface area contributed by atoms with E-state index in [1.54, 1.807) is 12.1 Å². The number of carboxylic acids is 1. The van der Waals surface area contributed by atoms with Gasteiger partial charge in [-0.3, -0.25) is 0 Å². The second kappa shape index (κ2) is 8.33. The van der Waals surface area contributed by atoms with Crippen LogP contribution in [0.4, 0.5) is 4.79 Å². The van der Waals surface area contributed by atoms with Crippen molar-refractivity contribution in [1.82, 2.24) is 5.32 Å². The molecule has 138 valence electrons. The van der Waals surface area contributed by atoms with Gasteiger partial charge in [0.2, 0.25) is 0 Å². The van der Waals surface area contributed by atoms with E-state index in [0.717, 1.165) is 11.8 Å². The van der Waals surface area contributed by atoms with E-state index >= 15 is 0 Å². The summed E-state index contributed by atoms with van der Waals surface area (Å²) in [6.45, 7) is 0.0373. The van der Waals surface area contributed by atoms with Crippen molar-refractivity contribution < 1.29 is 27.9 Å². The minimum absolute atomic E-state index is 0.0373. The molecule has 1 aliphatic carbocycles. The number of nitrogens with one attached hydrogen (secondary N) is 1. The van der Waals surface area contributed by atoms with Crippen LogP contribution in [0.3, 0.4) is 0 Å². The van der Waals surface area contributed by atoms with Crippen molar-refractivity contribution >= 4 is 21.9 Å². The fourth-order valence-electron chi connectivity index (χ4n) is 3.15. The van der Waals surface area contributed by atoms with Gasteiger partial charge in [-0.2, -0.15) is 0 Å². The summed E-state index contributed by atoms with van der Waals surface area (Å²) in [5.74, 6) is -1.62. The van der Waals surface area contributed by atoms with Gasteiger partial charge < -0.3 is 15.2 Å². The molecule has 2 N–H and O–H groups in total. The van der Waals surface area contributed by atoms with Crippen LogP contribution >= 0.6 is 0 Å². The normalized spacial score (nSPS) is 22.0. The Labute approximate surface area is 147 Å². The maximum absolute atomic E-state index is 11.9. The number of alkyl carbamates (subject to hydrolysis) is 1. The molecule has 0 aromatic heterocycles. The molecule has 25 heavy (non-hydrogen) atoms. The van der Waals surface area contributed by atoms with E-state index < -0.39 is 39.1 Å². The summed E-state index contributed by atoms with van der Waals surface area (Å²) in [4.78, 5) is 23.5.